The lowest BCUT2D eigenvalue weighted by Crippen LogP contribution is -2.35. The molecule has 2 N–H and O–H groups in total. The minimum Gasteiger partial charge on any atom is -0.497 e. The summed E-state index contributed by atoms with van der Waals surface area (Å²) in [6.45, 7) is 2.13. The van der Waals surface area contributed by atoms with E-state index in [0.29, 0.717) is 6.61 Å². The van der Waals surface area contributed by atoms with Crippen LogP contribution in [0.15, 0.2) is 72.8 Å². The fourth-order valence-corrected chi connectivity index (χ4v) is 4.74. The van der Waals surface area contributed by atoms with Gasteiger partial charge >= 0.3 is 0 Å². The van der Waals surface area contributed by atoms with Crippen molar-refractivity contribution in [3.63, 3.8) is 0 Å². The standard InChI is InChI=1S/C27H28N2O3/c1-31-22-6-4-5-20(17-22)27-26-24(23-7-2-3-8-25(23)28-26)13-14-29(27)18-19-9-11-21(12-10-19)32-16-15-30/h2-12,17,27-28,30H,13-16,18H2,1H3. The maximum absolute atomic E-state index is 8.96. The summed E-state index contributed by atoms with van der Waals surface area (Å²) >= 11 is 0. The molecule has 1 aromatic heterocycles. The number of benzene rings is 3. The second kappa shape index (κ2) is 9.07. The van der Waals surface area contributed by atoms with Crippen molar-refractivity contribution in [2.45, 2.75) is 19.0 Å². The zero-order valence-electron chi connectivity index (χ0n) is 18.3. The number of rotatable bonds is 7. The summed E-state index contributed by atoms with van der Waals surface area (Å²) in [4.78, 5) is 6.25. The van der Waals surface area contributed by atoms with Crippen molar-refractivity contribution in [1.82, 2.24) is 9.88 Å². The summed E-state index contributed by atoms with van der Waals surface area (Å²) in [6, 6.07) is 25.2. The van der Waals surface area contributed by atoms with Crippen LogP contribution in [0.3, 0.4) is 0 Å². The van der Waals surface area contributed by atoms with Gasteiger partial charge < -0.3 is 19.6 Å². The third kappa shape index (κ3) is 3.97. The lowest BCUT2D eigenvalue weighted by molar-refractivity contribution is 0.199. The van der Waals surface area contributed by atoms with E-state index in [1.165, 1.54) is 33.3 Å². The quantitative estimate of drug-likeness (QED) is 0.448. The van der Waals surface area contributed by atoms with Gasteiger partial charge in [-0.05, 0) is 53.4 Å². The number of nitrogens with zero attached hydrogens (tertiary/aromatic N) is 1. The molecule has 1 aliphatic heterocycles. The molecule has 1 unspecified atom stereocenters. The minimum absolute atomic E-state index is 0.0184. The van der Waals surface area contributed by atoms with Gasteiger partial charge in [-0.2, -0.15) is 0 Å². The number of nitrogens with one attached hydrogen (secondary N) is 1. The summed E-state index contributed by atoms with van der Waals surface area (Å²) in [6.07, 6.45) is 1.01. The molecule has 32 heavy (non-hydrogen) atoms. The zero-order chi connectivity index (χ0) is 21.9. The van der Waals surface area contributed by atoms with Crippen molar-refractivity contribution >= 4 is 10.9 Å². The molecule has 0 spiro atoms. The van der Waals surface area contributed by atoms with Crippen LogP contribution >= 0.6 is 0 Å². The van der Waals surface area contributed by atoms with Crippen molar-refractivity contribution < 1.29 is 14.6 Å². The van der Waals surface area contributed by atoms with E-state index in [4.69, 9.17) is 14.6 Å². The molecule has 5 rings (SSSR count). The molecule has 5 nitrogen and oxygen atoms in total. The molecule has 5 heteroatoms. The van der Waals surface area contributed by atoms with E-state index in [1.54, 1.807) is 7.11 Å². The summed E-state index contributed by atoms with van der Waals surface area (Å²) in [5.41, 5.74) is 6.33. The predicted molar refractivity (Wildman–Crippen MR) is 126 cm³/mol. The summed E-state index contributed by atoms with van der Waals surface area (Å²) < 4.78 is 11.0. The highest BCUT2D eigenvalue weighted by atomic mass is 16.5. The Morgan fingerprint density at radius 3 is 2.66 bits per heavy atom. The third-order valence-electron chi connectivity index (χ3n) is 6.21. The lowest BCUT2D eigenvalue weighted by Gasteiger charge is -2.36. The Morgan fingerprint density at radius 2 is 1.84 bits per heavy atom. The number of ether oxygens (including phenoxy) is 2. The van der Waals surface area contributed by atoms with E-state index in [-0.39, 0.29) is 12.6 Å². The minimum atomic E-state index is 0.0184. The predicted octanol–water partition coefficient (Wildman–Crippen LogP) is 4.70. The number of aromatic nitrogens is 1. The second-order valence-corrected chi connectivity index (χ2v) is 8.18. The molecule has 3 aromatic carbocycles. The van der Waals surface area contributed by atoms with Crippen LogP contribution in [0.25, 0.3) is 10.9 Å². The first-order valence-corrected chi connectivity index (χ1v) is 11.1. The number of methoxy groups -OCH3 is 1. The Labute approximate surface area is 188 Å². The highest BCUT2D eigenvalue weighted by Crippen LogP contribution is 2.39. The molecule has 0 fully saturated rings. The monoisotopic (exact) mass is 428 g/mol. The molecule has 1 aliphatic rings. The fourth-order valence-electron chi connectivity index (χ4n) is 4.74. The normalized spacial score (nSPS) is 16.1. The zero-order valence-corrected chi connectivity index (χ0v) is 18.3. The Kier molecular flexibility index (Phi) is 5.84. The largest absolute Gasteiger partial charge is 0.497 e. The van der Waals surface area contributed by atoms with Gasteiger partial charge in [0.15, 0.2) is 0 Å². The summed E-state index contributed by atoms with van der Waals surface area (Å²) in [5.74, 6) is 1.65. The van der Waals surface area contributed by atoms with Crippen molar-refractivity contribution in [1.29, 1.82) is 0 Å². The van der Waals surface area contributed by atoms with Gasteiger partial charge in [0.25, 0.3) is 0 Å². The second-order valence-electron chi connectivity index (χ2n) is 8.18. The van der Waals surface area contributed by atoms with Crippen LogP contribution < -0.4 is 9.47 Å². The van der Waals surface area contributed by atoms with Gasteiger partial charge in [-0.3, -0.25) is 4.90 Å². The first-order valence-electron chi connectivity index (χ1n) is 11.1. The van der Waals surface area contributed by atoms with Gasteiger partial charge in [0, 0.05) is 29.7 Å². The van der Waals surface area contributed by atoms with Gasteiger partial charge in [-0.15, -0.1) is 0 Å². The Bertz CT molecular complexity index is 1200. The average molecular weight is 429 g/mol. The van der Waals surface area contributed by atoms with Crippen LogP contribution in [0.4, 0.5) is 0 Å². The van der Waals surface area contributed by atoms with Crippen molar-refractivity contribution in [2.75, 3.05) is 26.9 Å². The number of aliphatic hydroxyl groups is 1. The van der Waals surface area contributed by atoms with E-state index < -0.39 is 0 Å². The molecule has 0 radical (unpaired) electrons. The molecular weight excluding hydrogens is 400 g/mol. The number of aromatic amines is 1. The van der Waals surface area contributed by atoms with E-state index in [9.17, 15) is 0 Å². The lowest BCUT2D eigenvalue weighted by atomic mass is 9.92. The van der Waals surface area contributed by atoms with Gasteiger partial charge in [0.2, 0.25) is 0 Å². The molecule has 1 atom stereocenters. The highest BCUT2D eigenvalue weighted by Gasteiger charge is 2.31. The van der Waals surface area contributed by atoms with Gasteiger partial charge in [0.05, 0.1) is 19.8 Å². The molecule has 0 amide bonds. The van der Waals surface area contributed by atoms with Gasteiger partial charge in [0.1, 0.15) is 18.1 Å². The van der Waals surface area contributed by atoms with E-state index in [1.807, 2.05) is 18.2 Å². The maximum Gasteiger partial charge on any atom is 0.119 e. The first-order chi connectivity index (χ1) is 15.8. The Balaban J connectivity index is 1.51. The Hall–Kier alpha value is -3.28. The average Bonchev–Trinajstić information content (AvgIpc) is 3.22. The van der Waals surface area contributed by atoms with Gasteiger partial charge in [-0.25, -0.2) is 0 Å². The van der Waals surface area contributed by atoms with E-state index in [0.717, 1.165) is 31.0 Å². The van der Waals surface area contributed by atoms with Crippen LogP contribution in [0.2, 0.25) is 0 Å². The highest BCUT2D eigenvalue weighted by molar-refractivity contribution is 5.85. The van der Waals surface area contributed by atoms with Crippen LogP contribution in [-0.2, 0) is 13.0 Å². The molecule has 0 aliphatic carbocycles. The topological polar surface area (TPSA) is 57.7 Å². The van der Waals surface area contributed by atoms with Crippen molar-refractivity contribution in [2.24, 2.45) is 0 Å². The van der Waals surface area contributed by atoms with Crippen LogP contribution in [0.5, 0.6) is 11.5 Å². The first kappa shape index (κ1) is 20.6. The fraction of sp³-hybridized carbons (Fsp3) is 0.259. The maximum atomic E-state index is 8.96. The number of H-pyrrole nitrogens is 1. The Morgan fingerprint density at radius 1 is 1.00 bits per heavy atom. The van der Waals surface area contributed by atoms with Crippen LogP contribution in [-0.4, -0.2) is 41.9 Å². The molecule has 4 aromatic rings. The van der Waals surface area contributed by atoms with Crippen molar-refractivity contribution in [3.05, 3.63) is 95.2 Å². The number of hydrogen-bond acceptors (Lipinski definition) is 4. The molecule has 0 saturated heterocycles. The summed E-state index contributed by atoms with van der Waals surface area (Å²) in [7, 11) is 1.71. The SMILES string of the molecule is COc1cccc(C2c3[nH]c4ccccc4c3CCN2Cc2ccc(OCCO)cc2)c1. The molecule has 164 valence electrons. The third-order valence-corrected chi connectivity index (χ3v) is 6.21. The van der Waals surface area contributed by atoms with E-state index in [2.05, 4.69) is 64.5 Å². The number of aliphatic hydroxyl groups excluding tert-OH is 1. The number of hydrogen-bond donors (Lipinski definition) is 2. The van der Waals surface area contributed by atoms with Crippen LogP contribution in [0, 0.1) is 0 Å². The molecule has 0 saturated carbocycles. The van der Waals surface area contributed by atoms with Crippen LogP contribution in [0.1, 0.15) is 28.4 Å². The van der Waals surface area contributed by atoms with Gasteiger partial charge in [-0.1, -0.05) is 42.5 Å². The number of para-hydroxylation sites is 1. The van der Waals surface area contributed by atoms with E-state index >= 15 is 0 Å². The number of fused-ring (bicyclic) bond motifs is 3. The van der Waals surface area contributed by atoms with Crippen molar-refractivity contribution in [3.8, 4) is 11.5 Å². The molecule has 0 bridgehead atoms. The molecular formula is C27H28N2O3. The molecule has 2 heterocycles. The smallest absolute Gasteiger partial charge is 0.119 e. The summed E-state index contributed by atoms with van der Waals surface area (Å²) in [5, 5.41) is 10.3.